The molecule has 0 bridgehead atoms. The lowest BCUT2D eigenvalue weighted by Crippen LogP contribution is -2.24. The van der Waals surface area contributed by atoms with E-state index in [9.17, 15) is 0 Å². The Labute approximate surface area is 167 Å². The Balaban J connectivity index is 0.000000516. The highest BCUT2D eigenvalue weighted by molar-refractivity contribution is 5.78. The number of likely N-dealkylation sites (N-methyl/N-ethyl adjacent to an activating group) is 1. The smallest absolute Gasteiger partial charge is 0.208 e. The van der Waals surface area contributed by atoms with Crippen molar-refractivity contribution in [2.75, 3.05) is 11.9 Å². The first-order valence-electron chi connectivity index (χ1n) is 9.66. The fraction of sp³-hybridized carbons (Fsp3) is 0.333. The lowest BCUT2D eigenvalue weighted by molar-refractivity contribution is -0.463. The molecule has 0 spiro atoms. The van der Waals surface area contributed by atoms with Crippen molar-refractivity contribution in [3.63, 3.8) is 0 Å². The van der Waals surface area contributed by atoms with Gasteiger partial charge in [0.2, 0.25) is 5.69 Å². The number of para-hydroxylation sites is 2. The fourth-order valence-electron chi connectivity index (χ4n) is 4.27. The van der Waals surface area contributed by atoms with Crippen molar-refractivity contribution in [2.24, 2.45) is 0 Å². The Morgan fingerprint density at radius 3 is 2.46 bits per heavy atom. The third kappa shape index (κ3) is 3.59. The number of carboxylic acid groups (broad SMARTS) is 1. The fourth-order valence-corrected chi connectivity index (χ4v) is 4.27. The quantitative estimate of drug-likeness (QED) is 0.717. The number of aliphatic carboxylic acids is 1. The maximum atomic E-state index is 8.89. The second-order valence-corrected chi connectivity index (χ2v) is 7.98. The van der Waals surface area contributed by atoms with E-state index in [1.165, 1.54) is 28.2 Å². The minimum absolute atomic E-state index is 0.0321. The Morgan fingerprint density at radius 1 is 1.18 bits per heavy atom. The molecule has 4 heteroatoms. The molecule has 28 heavy (non-hydrogen) atoms. The normalized spacial score (nSPS) is 21.9. The first-order valence-corrected chi connectivity index (χ1v) is 9.66. The predicted molar refractivity (Wildman–Crippen MR) is 112 cm³/mol. The van der Waals surface area contributed by atoms with Crippen LogP contribution in [-0.4, -0.2) is 29.8 Å². The van der Waals surface area contributed by atoms with Crippen molar-refractivity contribution in [2.45, 2.75) is 45.6 Å². The Kier molecular flexibility index (Phi) is 5.41. The molecule has 0 saturated heterocycles. The topological polar surface area (TPSA) is 46.4 Å². The third-order valence-electron chi connectivity index (χ3n) is 5.59. The highest BCUT2D eigenvalue weighted by atomic mass is 16.4. The molecule has 146 valence electrons. The lowest BCUT2D eigenvalue weighted by atomic mass is 9.84. The van der Waals surface area contributed by atoms with Crippen LogP contribution in [0.3, 0.4) is 0 Å². The van der Waals surface area contributed by atoms with Crippen molar-refractivity contribution in [1.82, 2.24) is 0 Å². The van der Waals surface area contributed by atoms with Crippen LogP contribution in [0.1, 0.15) is 38.8 Å². The van der Waals surface area contributed by atoms with Crippen LogP contribution < -0.4 is 10.0 Å². The third-order valence-corrected chi connectivity index (χ3v) is 5.59. The molecule has 2 aromatic rings. The van der Waals surface area contributed by atoms with Crippen molar-refractivity contribution in [3.05, 3.63) is 71.4 Å². The zero-order chi connectivity index (χ0) is 20.5. The molecule has 1 atom stereocenters. The number of allylic oxidation sites excluding steroid dienone is 2. The Hall–Kier alpha value is -2.88. The van der Waals surface area contributed by atoms with Gasteiger partial charge < -0.3 is 14.8 Å². The van der Waals surface area contributed by atoms with Crippen LogP contribution in [0.15, 0.2) is 60.3 Å². The van der Waals surface area contributed by atoms with Crippen LogP contribution in [-0.2, 0) is 16.6 Å². The molecule has 0 N–H and O–H groups in total. The second-order valence-electron chi connectivity index (χ2n) is 7.98. The molecular formula is C24H28N2O2. The van der Waals surface area contributed by atoms with Crippen molar-refractivity contribution < 1.29 is 14.5 Å². The molecule has 2 heterocycles. The average molecular weight is 377 g/mol. The largest absolute Gasteiger partial charge is 0.550 e. The van der Waals surface area contributed by atoms with Gasteiger partial charge in [-0.05, 0) is 25.5 Å². The summed E-state index contributed by atoms with van der Waals surface area (Å²) in [4.78, 5) is 11.2. The second kappa shape index (κ2) is 7.63. The summed E-state index contributed by atoms with van der Waals surface area (Å²) >= 11 is 0. The number of rotatable bonds is 1. The van der Waals surface area contributed by atoms with Crippen LogP contribution in [0.4, 0.5) is 11.4 Å². The number of hydrogen-bond donors (Lipinski definition) is 0. The summed E-state index contributed by atoms with van der Waals surface area (Å²) < 4.78 is 2.41. The van der Waals surface area contributed by atoms with Crippen LogP contribution in [0.25, 0.3) is 0 Å². The van der Waals surface area contributed by atoms with Gasteiger partial charge in [0.05, 0.1) is 0 Å². The molecule has 2 aromatic carbocycles. The van der Waals surface area contributed by atoms with Crippen LogP contribution in [0.5, 0.6) is 0 Å². The molecule has 4 rings (SSSR count). The minimum atomic E-state index is -1.08. The average Bonchev–Trinajstić information content (AvgIpc) is 3.05. The number of hydrogen-bond acceptors (Lipinski definition) is 3. The molecule has 0 aliphatic carbocycles. The van der Waals surface area contributed by atoms with E-state index in [4.69, 9.17) is 9.90 Å². The van der Waals surface area contributed by atoms with E-state index in [0.717, 1.165) is 13.3 Å². The van der Waals surface area contributed by atoms with E-state index in [2.05, 4.69) is 98.1 Å². The summed E-state index contributed by atoms with van der Waals surface area (Å²) in [5, 5.41) is 8.89. The molecule has 0 saturated carbocycles. The van der Waals surface area contributed by atoms with Crippen molar-refractivity contribution in [3.8, 4) is 0 Å². The highest BCUT2D eigenvalue weighted by Crippen LogP contribution is 2.46. The summed E-state index contributed by atoms with van der Waals surface area (Å²) in [6.07, 6.45) is 5.70. The van der Waals surface area contributed by atoms with E-state index in [1.54, 1.807) is 0 Å². The van der Waals surface area contributed by atoms with E-state index in [1.807, 2.05) is 0 Å². The van der Waals surface area contributed by atoms with Crippen LogP contribution in [0.2, 0.25) is 0 Å². The molecule has 0 fully saturated rings. The molecule has 0 radical (unpaired) electrons. The number of anilines is 1. The monoisotopic (exact) mass is 376 g/mol. The zero-order valence-corrected chi connectivity index (χ0v) is 17.3. The van der Waals surface area contributed by atoms with Gasteiger partial charge in [0.25, 0.3) is 0 Å². The number of nitrogens with zero attached hydrogens (tertiary/aromatic N) is 2. The summed E-state index contributed by atoms with van der Waals surface area (Å²) in [6.45, 7) is 7.90. The summed E-state index contributed by atoms with van der Waals surface area (Å²) in [6, 6.07) is 18.0. The van der Waals surface area contributed by atoms with Gasteiger partial charge in [0, 0.05) is 53.9 Å². The van der Waals surface area contributed by atoms with Gasteiger partial charge in [-0.2, -0.15) is 4.58 Å². The van der Waals surface area contributed by atoms with Crippen molar-refractivity contribution in [1.29, 1.82) is 0 Å². The van der Waals surface area contributed by atoms with Gasteiger partial charge in [0.15, 0.2) is 12.3 Å². The molecular weight excluding hydrogens is 348 g/mol. The SMILES string of the molecule is CC(=O)[O-].CC1Cc2ccccc2[N+]1=CC=C1N(C)c2ccccc2C1(C)C. The molecule has 1 unspecified atom stereocenters. The van der Waals surface area contributed by atoms with Crippen molar-refractivity contribution >= 4 is 23.6 Å². The van der Waals surface area contributed by atoms with Gasteiger partial charge in [-0.3, -0.25) is 0 Å². The van der Waals surface area contributed by atoms with Gasteiger partial charge in [-0.15, -0.1) is 0 Å². The molecule has 0 amide bonds. The standard InChI is InChI=1S/C22H25N2.C2H4O2/c1-16-15-17-9-5-7-11-19(17)24(16)14-13-21-22(2,3)18-10-6-8-12-20(18)23(21)4;1-2(3)4/h5-14,16H,15H2,1-4H3;1H3,(H,3,4)/q+1;/p-1. The maximum absolute atomic E-state index is 8.89. The van der Waals surface area contributed by atoms with E-state index in [0.29, 0.717) is 6.04 Å². The molecule has 4 nitrogen and oxygen atoms in total. The van der Waals surface area contributed by atoms with E-state index < -0.39 is 5.97 Å². The first kappa shape index (κ1) is 19.9. The van der Waals surface area contributed by atoms with E-state index >= 15 is 0 Å². The van der Waals surface area contributed by atoms with Gasteiger partial charge in [-0.1, -0.05) is 50.2 Å². The van der Waals surface area contributed by atoms with Crippen LogP contribution in [0, 0.1) is 0 Å². The van der Waals surface area contributed by atoms with Crippen LogP contribution >= 0.6 is 0 Å². The molecule has 2 aliphatic rings. The number of carbonyl (C=O) groups excluding carboxylic acids is 1. The lowest BCUT2D eigenvalue weighted by Gasteiger charge is -2.23. The Bertz CT molecular complexity index is 953. The van der Waals surface area contributed by atoms with Gasteiger partial charge in [-0.25, -0.2) is 0 Å². The summed E-state index contributed by atoms with van der Waals surface area (Å²) in [7, 11) is 2.18. The number of carboxylic acids is 1. The molecule has 2 aliphatic heterocycles. The number of carbonyl (C=O) groups is 1. The van der Waals surface area contributed by atoms with Gasteiger partial charge >= 0.3 is 0 Å². The first-order chi connectivity index (χ1) is 13.2. The zero-order valence-electron chi connectivity index (χ0n) is 17.3. The maximum Gasteiger partial charge on any atom is 0.208 e. The van der Waals surface area contributed by atoms with E-state index in [-0.39, 0.29) is 5.41 Å². The minimum Gasteiger partial charge on any atom is -0.550 e. The highest BCUT2D eigenvalue weighted by Gasteiger charge is 2.38. The Morgan fingerprint density at radius 2 is 1.79 bits per heavy atom. The van der Waals surface area contributed by atoms with Gasteiger partial charge in [0.1, 0.15) is 0 Å². The number of fused-ring (bicyclic) bond motifs is 2. The number of benzene rings is 2. The summed E-state index contributed by atoms with van der Waals surface area (Å²) in [5.74, 6) is -1.08. The molecule has 0 aromatic heterocycles. The predicted octanol–water partition coefficient (Wildman–Crippen LogP) is 3.41. The summed E-state index contributed by atoms with van der Waals surface area (Å²) in [5.41, 5.74) is 6.89.